The molecule has 1 fully saturated rings. The highest BCUT2D eigenvalue weighted by Crippen LogP contribution is 2.30. The fourth-order valence-electron chi connectivity index (χ4n) is 3.03. The number of pyridine rings is 1. The van der Waals surface area contributed by atoms with Crippen molar-refractivity contribution in [2.75, 3.05) is 31.6 Å². The summed E-state index contributed by atoms with van der Waals surface area (Å²) in [7, 11) is 1.68. The molecule has 3 heterocycles. The number of thiazole rings is 1. The van der Waals surface area contributed by atoms with Gasteiger partial charge in [0.05, 0.1) is 5.01 Å². The van der Waals surface area contributed by atoms with Crippen LogP contribution < -0.4 is 15.5 Å². The van der Waals surface area contributed by atoms with Crippen molar-refractivity contribution < 1.29 is 13.2 Å². The standard InChI is InChI=1S/C18H23F3N6S/c1-22-17(24-9-5-16-26-14(12-28-16)18(19,20)21)25-13-6-10-27(11-7-13)15-4-2-3-8-23-15/h2-4,8,12-13H,5-7,9-11H2,1H3,(H2,22,24,25). The highest BCUT2D eigenvalue weighted by molar-refractivity contribution is 7.09. The summed E-state index contributed by atoms with van der Waals surface area (Å²) in [6.45, 7) is 2.29. The molecule has 1 aliphatic heterocycles. The van der Waals surface area contributed by atoms with Crippen LogP contribution >= 0.6 is 11.3 Å². The van der Waals surface area contributed by atoms with Crippen LogP contribution in [-0.2, 0) is 12.6 Å². The first-order valence-corrected chi connectivity index (χ1v) is 9.98. The zero-order valence-corrected chi connectivity index (χ0v) is 16.4. The molecule has 0 aliphatic carbocycles. The molecular weight excluding hydrogens is 389 g/mol. The van der Waals surface area contributed by atoms with Crippen molar-refractivity contribution in [3.8, 4) is 0 Å². The molecule has 2 aromatic rings. The Kier molecular flexibility index (Phi) is 6.71. The monoisotopic (exact) mass is 412 g/mol. The van der Waals surface area contributed by atoms with Gasteiger partial charge >= 0.3 is 6.18 Å². The maximum absolute atomic E-state index is 12.6. The SMILES string of the molecule is CN=C(NCCc1nc(C(F)(F)F)cs1)NC1CCN(c2ccccn2)CC1. The minimum Gasteiger partial charge on any atom is -0.356 e. The van der Waals surface area contributed by atoms with Gasteiger partial charge in [0.25, 0.3) is 0 Å². The van der Waals surface area contributed by atoms with Gasteiger partial charge in [-0.25, -0.2) is 9.97 Å². The molecule has 0 unspecified atom stereocenters. The Morgan fingerprint density at radius 3 is 2.71 bits per heavy atom. The Morgan fingerprint density at radius 1 is 1.32 bits per heavy atom. The lowest BCUT2D eigenvalue weighted by molar-refractivity contribution is -0.140. The highest BCUT2D eigenvalue weighted by Gasteiger charge is 2.33. The van der Waals surface area contributed by atoms with E-state index in [0.29, 0.717) is 30.0 Å². The number of guanidine groups is 1. The minimum atomic E-state index is -4.39. The van der Waals surface area contributed by atoms with Gasteiger partial charge in [-0.05, 0) is 25.0 Å². The molecule has 0 saturated carbocycles. The molecule has 2 aromatic heterocycles. The van der Waals surface area contributed by atoms with Crippen molar-refractivity contribution >= 4 is 23.1 Å². The molecule has 1 aliphatic rings. The second kappa shape index (κ2) is 9.22. The van der Waals surface area contributed by atoms with E-state index in [1.807, 2.05) is 18.2 Å². The van der Waals surface area contributed by atoms with Gasteiger partial charge in [-0.15, -0.1) is 11.3 Å². The van der Waals surface area contributed by atoms with Gasteiger partial charge in [-0.2, -0.15) is 13.2 Å². The molecule has 0 bridgehead atoms. The van der Waals surface area contributed by atoms with Crippen LogP contribution in [0, 0.1) is 0 Å². The van der Waals surface area contributed by atoms with Crippen LogP contribution in [0.2, 0.25) is 0 Å². The molecule has 152 valence electrons. The first-order chi connectivity index (χ1) is 13.5. The smallest absolute Gasteiger partial charge is 0.356 e. The zero-order chi connectivity index (χ0) is 20.0. The van der Waals surface area contributed by atoms with Gasteiger partial charge in [0, 0.05) is 50.7 Å². The number of nitrogens with zero attached hydrogens (tertiary/aromatic N) is 4. The van der Waals surface area contributed by atoms with Crippen LogP contribution in [0.5, 0.6) is 0 Å². The first kappa shape index (κ1) is 20.4. The summed E-state index contributed by atoms with van der Waals surface area (Å²) in [6.07, 6.45) is -0.258. The van der Waals surface area contributed by atoms with Gasteiger partial charge in [0.1, 0.15) is 5.82 Å². The molecule has 3 rings (SSSR count). The van der Waals surface area contributed by atoms with Gasteiger partial charge in [0.15, 0.2) is 11.7 Å². The maximum atomic E-state index is 12.6. The Bertz CT molecular complexity index is 769. The predicted octanol–water partition coefficient (Wildman–Crippen LogP) is 2.93. The lowest BCUT2D eigenvalue weighted by atomic mass is 10.1. The molecule has 0 radical (unpaired) electrons. The maximum Gasteiger partial charge on any atom is 0.434 e. The third-order valence-electron chi connectivity index (χ3n) is 4.51. The summed E-state index contributed by atoms with van der Waals surface area (Å²) in [6, 6.07) is 6.20. The van der Waals surface area contributed by atoms with Gasteiger partial charge < -0.3 is 15.5 Å². The number of alkyl halides is 3. The molecule has 28 heavy (non-hydrogen) atoms. The number of hydrogen-bond acceptors (Lipinski definition) is 5. The fourth-order valence-corrected chi connectivity index (χ4v) is 3.83. The minimum absolute atomic E-state index is 0.294. The van der Waals surface area contributed by atoms with Crippen molar-refractivity contribution in [1.82, 2.24) is 20.6 Å². The van der Waals surface area contributed by atoms with E-state index >= 15 is 0 Å². The van der Waals surface area contributed by atoms with E-state index in [-0.39, 0.29) is 0 Å². The Hall–Kier alpha value is -2.36. The Morgan fingerprint density at radius 2 is 2.11 bits per heavy atom. The van der Waals surface area contributed by atoms with Gasteiger partial charge in [0.2, 0.25) is 0 Å². The normalized spacial score (nSPS) is 16.3. The summed E-state index contributed by atoms with van der Waals surface area (Å²) in [5.41, 5.74) is -0.824. The summed E-state index contributed by atoms with van der Waals surface area (Å²) in [4.78, 5) is 14.5. The van der Waals surface area contributed by atoms with E-state index in [0.717, 1.165) is 48.5 Å². The number of hydrogen-bond donors (Lipinski definition) is 2. The number of halogens is 3. The van der Waals surface area contributed by atoms with Crippen LogP contribution in [0.1, 0.15) is 23.5 Å². The van der Waals surface area contributed by atoms with Crippen LogP contribution in [0.3, 0.4) is 0 Å². The van der Waals surface area contributed by atoms with E-state index in [1.165, 1.54) is 0 Å². The van der Waals surface area contributed by atoms with E-state index in [4.69, 9.17) is 0 Å². The lowest BCUT2D eigenvalue weighted by Gasteiger charge is -2.33. The van der Waals surface area contributed by atoms with E-state index in [9.17, 15) is 13.2 Å². The van der Waals surface area contributed by atoms with Crippen molar-refractivity contribution in [3.05, 3.63) is 40.5 Å². The van der Waals surface area contributed by atoms with Crippen molar-refractivity contribution in [2.45, 2.75) is 31.5 Å². The Labute approximate surface area is 165 Å². The molecular formula is C18H23F3N6S. The molecule has 0 atom stereocenters. The van der Waals surface area contributed by atoms with Crippen LogP contribution in [0.4, 0.5) is 19.0 Å². The van der Waals surface area contributed by atoms with Crippen molar-refractivity contribution in [2.24, 2.45) is 4.99 Å². The second-order valence-corrected chi connectivity index (χ2v) is 7.41. The van der Waals surface area contributed by atoms with Gasteiger partial charge in [-0.1, -0.05) is 6.07 Å². The first-order valence-electron chi connectivity index (χ1n) is 9.10. The van der Waals surface area contributed by atoms with E-state index < -0.39 is 11.9 Å². The van der Waals surface area contributed by atoms with E-state index in [2.05, 4.69) is 30.5 Å². The number of nitrogens with one attached hydrogen (secondary N) is 2. The predicted molar refractivity (Wildman–Crippen MR) is 105 cm³/mol. The van der Waals surface area contributed by atoms with Crippen molar-refractivity contribution in [3.63, 3.8) is 0 Å². The number of piperidine rings is 1. The summed E-state index contributed by atoms with van der Waals surface area (Å²) < 4.78 is 37.8. The molecule has 1 saturated heterocycles. The summed E-state index contributed by atoms with van der Waals surface area (Å²) in [5, 5.41) is 8.05. The molecule has 10 heteroatoms. The van der Waals surface area contributed by atoms with E-state index in [1.54, 1.807) is 13.2 Å². The summed E-state index contributed by atoms with van der Waals surface area (Å²) in [5.74, 6) is 1.65. The number of rotatable bonds is 5. The average molecular weight is 412 g/mol. The number of aliphatic imine (C=N–C) groups is 1. The Balaban J connectivity index is 1.41. The van der Waals surface area contributed by atoms with Crippen molar-refractivity contribution in [1.29, 1.82) is 0 Å². The van der Waals surface area contributed by atoms with Crippen LogP contribution in [0.25, 0.3) is 0 Å². The molecule has 0 aromatic carbocycles. The second-order valence-electron chi connectivity index (χ2n) is 6.47. The topological polar surface area (TPSA) is 65.4 Å². The van der Waals surface area contributed by atoms with Crippen LogP contribution in [0.15, 0.2) is 34.8 Å². The third-order valence-corrected chi connectivity index (χ3v) is 5.41. The van der Waals surface area contributed by atoms with Crippen LogP contribution in [-0.4, -0.2) is 48.7 Å². The molecule has 2 N–H and O–H groups in total. The largest absolute Gasteiger partial charge is 0.434 e. The highest BCUT2D eigenvalue weighted by atomic mass is 32.1. The average Bonchev–Trinajstić information content (AvgIpc) is 3.18. The quantitative estimate of drug-likeness (QED) is 0.584. The van der Waals surface area contributed by atoms with Gasteiger partial charge in [-0.3, -0.25) is 4.99 Å². The third kappa shape index (κ3) is 5.57. The molecule has 6 nitrogen and oxygen atoms in total. The molecule has 0 spiro atoms. The summed E-state index contributed by atoms with van der Waals surface area (Å²) >= 11 is 1.03. The molecule has 0 amide bonds. The fraction of sp³-hybridized carbons (Fsp3) is 0.500. The number of anilines is 1. The lowest BCUT2D eigenvalue weighted by Crippen LogP contribution is -2.49. The number of aromatic nitrogens is 2. The zero-order valence-electron chi connectivity index (χ0n) is 15.5.